The van der Waals surface area contributed by atoms with E-state index in [1.807, 2.05) is 31.2 Å². The van der Waals surface area contributed by atoms with Crippen molar-refractivity contribution in [3.05, 3.63) is 65.2 Å². The van der Waals surface area contributed by atoms with Gasteiger partial charge in [-0.25, -0.2) is 4.79 Å². The molecule has 0 unspecified atom stereocenters. The van der Waals surface area contributed by atoms with Crippen LogP contribution in [0.1, 0.15) is 40.9 Å². The van der Waals surface area contributed by atoms with Gasteiger partial charge in [-0.15, -0.1) is 0 Å². The Kier molecular flexibility index (Phi) is 3.98. The minimum Gasteiger partial charge on any atom is -0.489 e. The molecule has 2 atom stereocenters. The highest BCUT2D eigenvalue weighted by Gasteiger charge is 2.40. The lowest BCUT2D eigenvalue weighted by atomic mass is 9.98. The number of ether oxygens (including phenoxy) is 2. The Morgan fingerprint density at radius 3 is 2.88 bits per heavy atom. The van der Waals surface area contributed by atoms with E-state index < -0.39 is 0 Å². The second-order valence-electron chi connectivity index (χ2n) is 6.38. The van der Waals surface area contributed by atoms with Gasteiger partial charge in [0.1, 0.15) is 11.9 Å². The number of likely N-dealkylation sites (tertiary alicyclic amines) is 1. The first-order chi connectivity index (χ1) is 11.7. The molecule has 1 saturated heterocycles. The van der Waals surface area contributed by atoms with Gasteiger partial charge in [0, 0.05) is 31.1 Å². The summed E-state index contributed by atoms with van der Waals surface area (Å²) in [6.07, 6.45) is 1.21. The van der Waals surface area contributed by atoms with E-state index >= 15 is 0 Å². The van der Waals surface area contributed by atoms with Crippen LogP contribution >= 0.6 is 0 Å². The van der Waals surface area contributed by atoms with Gasteiger partial charge >= 0.3 is 5.97 Å². The minimum atomic E-state index is -0.289. The zero-order valence-electron chi connectivity index (χ0n) is 13.8. The summed E-state index contributed by atoms with van der Waals surface area (Å²) < 4.78 is 11.2. The molecule has 2 aliphatic heterocycles. The van der Waals surface area contributed by atoms with Crippen molar-refractivity contribution in [2.24, 2.45) is 0 Å². The average molecular weight is 323 g/mol. The molecule has 2 heterocycles. The number of rotatable bonds is 4. The van der Waals surface area contributed by atoms with Crippen molar-refractivity contribution in [2.45, 2.75) is 32.0 Å². The summed E-state index contributed by atoms with van der Waals surface area (Å²) in [4.78, 5) is 14.4. The Labute approximate surface area is 142 Å². The lowest BCUT2D eigenvalue weighted by Crippen LogP contribution is -2.23. The summed E-state index contributed by atoms with van der Waals surface area (Å²) >= 11 is 0. The van der Waals surface area contributed by atoms with Crippen molar-refractivity contribution in [1.82, 2.24) is 4.90 Å². The third kappa shape index (κ3) is 2.78. The summed E-state index contributed by atoms with van der Waals surface area (Å²) in [5.74, 6) is 0.542. The van der Waals surface area contributed by atoms with Crippen LogP contribution in [-0.2, 0) is 11.3 Å². The third-order valence-corrected chi connectivity index (χ3v) is 4.77. The fourth-order valence-corrected chi connectivity index (χ4v) is 3.70. The van der Waals surface area contributed by atoms with Crippen molar-refractivity contribution >= 4 is 5.97 Å². The third-order valence-electron chi connectivity index (χ3n) is 4.77. The van der Waals surface area contributed by atoms with E-state index in [0.717, 1.165) is 25.3 Å². The van der Waals surface area contributed by atoms with Crippen LogP contribution in [0.15, 0.2) is 48.5 Å². The van der Waals surface area contributed by atoms with Crippen LogP contribution in [0.2, 0.25) is 0 Å². The lowest BCUT2D eigenvalue weighted by Gasteiger charge is -2.27. The maximum absolute atomic E-state index is 11.9. The molecule has 0 aromatic heterocycles. The predicted molar refractivity (Wildman–Crippen MR) is 91.0 cm³/mol. The second kappa shape index (κ2) is 6.29. The number of esters is 1. The largest absolute Gasteiger partial charge is 0.489 e. The van der Waals surface area contributed by atoms with Crippen molar-refractivity contribution in [2.75, 3.05) is 13.2 Å². The number of nitrogens with zero attached hydrogens (tertiary/aromatic N) is 1. The fraction of sp³-hybridized carbons (Fsp3) is 0.350. The molecule has 0 saturated carbocycles. The van der Waals surface area contributed by atoms with E-state index in [2.05, 4.69) is 29.2 Å². The molecule has 24 heavy (non-hydrogen) atoms. The number of hydrogen-bond donors (Lipinski definition) is 0. The van der Waals surface area contributed by atoms with Gasteiger partial charge < -0.3 is 9.47 Å². The Morgan fingerprint density at radius 1 is 1.25 bits per heavy atom. The van der Waals surface area contributed by atoms with Gasteiger partial charge in [0.05, 0.1) is 12.2 Å². The van der Waals surface area contributed by atoms with Gasteiger partial charge in [-0.3, -0.25) is 4.90 Å². The molecule has 2 aromatic rings. The first-order valence-electron chi connectivity index (χ1n) is 8.50. The van der Waals surface area contributed by atoms with Crippen LogP contribution in [0.5, 0.6) is 5.75 Å². The molecular weight excluding hydrogens is 302 g/mol. The topological polar surface area (TPSA) is 38.8 Å². The van der Waals surface area contributed by atoms with Crippen LogP contribution in [0.25, 0.3) is 0 Å². The summed E-state index contributed by atoms with van der Waals surface area (Å²) in [5, 5.41) is 0. The molecule has 2 bridgehead atoms. The van der Waals surface area contributed by atoms with E-state index in [0.29, 0.717) is 18.2 Å². The summed E-state index contributed by atoms with van der Waals surface area (Å²) in [6.45, 7) is 4.04. The molecule has 2 aliphatic rings. The zero-order chi connectivity index (χ0) is 16.5. The average Bonchev–Trinajstić information content (AvgIpc) is 2.92. The SMILES string of the molecule is CCOC(=O)c1ccc2c(c1)O[C@@H]1C[C@H]2N(Cc2ccccc2)C1. The summed E-state index contributed by atoms with van der Waals surface area (Å²) in [6, 6.07) is 16.6. The molecule has 2 aromatic carbocycles. The molecule has 1 fully saturated rings. The Bertz CT molecular complexity index is 744. The summed E-state index contributed by atoms with van der Waals surface area (Å²) in [7, 11) is 0. The van der Waals surface area contributed by atoms with Crippen LogP contribution in [-0.4, -0.2) is 30.1 Å². The Morgan fingerprint density at radius 2 is 2.08 bits per heavy atom. The number of carbonyl (C=O) groups excluding carboxylic acids is 1. The van der Waals surface area contributed by atoms with Gasteiger partial charge in [-0.2, -0.15) is 0 Å². The Hall–Kier alpha value is -2.33. The van der Waals surface area contributed by atoms with Crippen molar-refractivity contribution in [3.8, 4) is 5.75 Å². The van der Waals surface area contributed by atoms with E-state index in [-0.39, 0.29) is 12.1 Å². The number of hydrogen-bond acceptors (Lipinski definition) is 4. The molecule has 0 N–H and O–H groups in total. The number of carbonyl (C=O) groups is 1. The van der Waals surface area contributed by atoms with Crippen molar-refractivity contribution < 1.29 is 14.3 Å². The van der Waals surface area contributed by atoms with Gasteiger partial charge in [-0.05, 0) is 24.6 Å². The normalized spacial score (nSPS) is 21.9. The molecule has 4 nitrogen and oxygen atoms in total. The van der Waals surface area contributed by atoms with Crippen LogP contribution in [0.3, 0.4) is 0 Å². The van der Waals surface area contributed by atoms with Gasteiger partial charge in [-0.1, -0.05) is 36.4 Å². The first-order valence-corrected chi connectivity index (χ1v) is 8.50. The van der Waals surface area contributed by atoms with E-state index in [1.165, 1.54) is 11.1 Å². The predicted octanol–water partition coefficient (Wildman–Crippen LogP) is 3.57. The standard InChI is InChI=1S/C20H21NO3/c1-2-23-20(22)15-8-9-17-18-11-16(24-19(17)10-15)13-21(18)12-14-6-4-3-5-7-14/h3-10,16,18H,2,11-13H2,1H3/t16-,18-/m1/s1. The molecule has 0 amide bonds. The smallest absolute Gasteiger partial charge is 0.338 e. The van der Waals surface area contributed by atoms with Crippen molar-refractivity contribution in [1.29, 1.82) is 0 Å². The maximum Gasteiger partial charge on any atom is 0.338 e. The van der Waals surface area contributed by atoms with Crippen LogP contribution < -0.4 is 4.74 Å². The molecule has 0 radical (unpaired) electrons. The van der Waals surface area contributed by atoms with Crippen LogP contribution in [0, 0.1) is 0 Å². The first kappa shape index (κ1) is 15.2. The molecule has 4 rings (SSSR count). The van der Waals surface area contributed by atoms with Crippen LogP contribution in [0.4, 0.5) is 0 Å². The monoisotopic (exact) mass is 323 g/mol. The fourth-order valence-electron chi connectivity index (χ4n) is 3.70. The van der Waals surface area contributed by atoms with Gasteiger partial charge in [0.15, 0.2) is 0 Å². The van der Waals surface area contributed by atoms with Gasteiger partial charge in [0.25, 0.3) is 0 Å². The summed E-state index contributed by atoms with van der Waals surface area (Å²) in [5.41, 5.74) is 3.05. The molecule has 4 heteroatoms. The minimum absolute atomic E-state index is 0.198. The molecule has 0 aliphatic carbocycles. The van der Waals surface area contributed by atoms with E-state index in [9.17, 15) is 4.79 Å². The Balaban J connectivity index is 1.58. The van der Waals surface area contributed by atoms with E-state index in [4.69, 9.17) is 9.47 Å². The van der Waals surface area contributed by atoms with Crippen molar-refractivity contribution in [3.63, 3.8) is 0 Å². The molecular formula is C20H21NO3. The second-order valence-corrected chi connectivity index (χ2v) is 6.38. The quantitative estimate of drug-likeness (QED) is 0.806. The van der Waals surface area contributed by atoms with E-state index in [1.54, 1.807) is 0 Å². The zero-order valence-corrected chi connectivity index (χ0v) is 13.8. The molecule has 124 valence electrons. The maximum atomic E-state index is 11.9. The highest BCUT2D eigenvalue weighted by atomic mass is 16.5. The number of benzene rings is 2. The lowest BCUT2D eigenvalue weighted by molar-refractivity contribution is 0.0525. The number of fused-ring (bicyclic) bond motifs is 4. The highest BCUT2D eigenvalue weighted by Crippen LogP contribution is 2.44. The highest BCUT2D eigenvalue weighted by molar-refractivity contribution is 5.90. The molecule has 0 spiro atoms. The van der Waals surface area contributed by atoms with Gasteiger partial charge in [0.2, 0.25) is 0 Å².